The summed E-state index contributed by atoms with van der Waals surface area (Å²) in [7, 11) is -2.99. The number of aliphatic hydroxyl groups excluding tert-OH is 1. The van der Waals surface area contributed by atoms with Gasteiger partial charge in [-0.2, -0.15) is 0 Å². The Morgan fingerprint density at radius 1 is 1.50 bits per heavy atom. The Morgan fingerprint density at radius 3 is 2.50 bits per heavy atom. The fourth-order valence-electron chi connectivity index (χ4n) is 2.13. The number of aliphatic hydroxyl groups is 1. The van der Waals surface area contributed by atoms with E-state index >= 15 is 0 Å². The van der Waals surface area contributed by atoms with Gasteiger partial charge < -0.3 is 10.4 Å². The highest BCUT2D eigenvalue weighted by Gasteiger charge is 2.50. The summed E-state index contributed by atoms with van der Waals surface area (Å²) in [4.78, 5) is 0. The van der Waals surface area contributed by atoms with E-state index in [1.807, 2.05) is 0 Å². The Labute approximate surface area is 84.6 Å². The minimum absolute atomic E-state index is 0.0795. The van der Waals surface area contributed by atoms with Crippen molar-refractivity contribution >= 4 is 9.84 Å². The van der Waals surface area contributed by atoms with Crippen LogP contribution in [0.4, 0.5) is 0 Å². The number of nitrogens with one attached hydrogen (secondary N) is 1. The van der Waals surface area contributed by atoms with Crippen molar-refractivity contribution in [2.24, 2.45) is 0 Å². The van der Waals surface area contributed by atoms with Crippen molar-refractivity contribution in [2.45, 2.75) is 43.0 Å². The summed E-state index contributed by atoms with van der Waals surface area (Å²) >= 11 is 0. The summed E-state index contributed by atoms with van der Waals surface area (Å²) in [6, 6.07) is 0.429. The summed E-state index contributed by atoms with van der Waals surface area (Å²) in [5.74, 6) is 0.203. The third-order valence-electron chi connectivity index (χ3n) is 3.50. The lowest BCUT2D eigenvalue weighted by atomic mass is 9.93. The van der Waals surface area contributed by atoms with Crippen LogP contribution in [0.3, 0.4) is 0 Å². The average molecular weight is 219 g/mol. The molecule has 2 aliphatic rings. The molecule has 82 valence electrons. The zero-order valence-corrected chi connectivity index (χ0v) is 9.18. The molecule has 0 aromatic heterocycles. The first kappa shape index (κ1) is 10.4. The highest BCUT2D eigenvalue weighted by atomic mass is 32.2. The molecule has 2 N–H and O–H groups in total. The van der Waals surface area contributed by atoms with Crippen LogP contribution in [0.15, 0.2) is 0 Å². The van der Waals surface area contributed by atoms with Crippen LogP contribution < -0.4 is 5.32 Å². The molecular weight excluding hydrogens is 202 g/mol. The van der Waals surface area contributed by atoms with Gasteiger partial charge >= 0.3 is 0 Å². The molecule has 1 saturated carbocycles. The van der Waals surface area contributed by atoms with Crippen LogP contribution in [-0.2, 0) is 9.84 Å². The van der Waals surface area contributed by atoms with E-state index in [0.29, 0.717) is 12.5 Å². The van der Waals surface area contributed by atoms with Crippen LogP contribution in [0.1, 0.15) is 26.2 Å². The Balaban J connectivity index is 2.19. The normalized spacial score (nSPS) is 41.4. The second-order valence-corrected chi connectivity index (χ2v) is 6.93. The van der Waals surface area contributed by atoms with Gasteiger partial charge in [0.1, 0.15) is 0 Å². The highest BCUT2D eigenvalue weighted by molar-refractivity contribution is 7.92. The van der Waals surface area contributed by atoms with E-state index in [9.17, 15) is 13.5 Å². The van der Waals surface area contributed by atoms with Gasteiger partial charge in [0.05, 0.1) is 23.1 Å². The molecule has 0 spiro atoms. The number of rotatable bonds is 3. The van der Waals surface area contributed by atoms with Crippen molar-refractivity contribution in [1.29, 1.82) is 0 Å². The molecule has 1 saturated heterocycles. The number of hydrogen-bond donors (Lipinski definition) is 2. The Bertz CT molecular complexity index is 323. The van der Waals surface area contributed by atoms with Crippen LogP contribution >= 0.6 is 0 Å². The van der Waals surface area contributed by atoms with Crippen LogP contribution in [0, 0.1) is 0 Å². The van der Waals surface area contributed by atoms with Crippen molar-refractivity contribution in [1.82, 2.24) is 5.32 Å². The van der Waals surface area contributed by atoms with E-state index in [2.05, 4.69) is 5.32 Å². The average Bonchev–Trinajstić information content (AvgIpc) is 2.91. The minimum Gasteiger partial charge on any atom is -0.394 e. The Kier molecular flexibility index (Phi) is 2.36. The molecule has 0 radical (unpaired) electrons. The van der Waals surface area contributed by atoms with Crippen molar-refractivity contribution in [2.75, 3.05) is 12.4 Å². The first-order valence-corrected chi connectivity index (χ1v) is 6.82. The van der Waals surface area contributed by atoms with E-state index in [-0.39, 0.29) is 12.4 Å². The molecule has 2 rings (SSSR count). The SMILES string of the molecule is CC1C(CO)(NC2CC2)CCS1(=O)=O. The van der Waals surface area contributed by atoms with Crippen LogP contribution in [0.5, 0.6) is 0 Å². The molecule has 0 amide bonds. The standard InChI is InChI=1S/C9H17NO3S/c1-7-9(6-11,10-8-2-3-8)4-5-14(7,12)13/h7-8,10-11H,2-6H2,1H3. The van der Waals surface area contributed by atoms with Crippen LogP contribution in [0.25, 0.3) is 0 Å². The maximum Gasteiger partial charge on any atom is 0.154 e. The molecular formula is C9H17NO3S. The van der Waals surface area contributed by atoms with Gasteiger partial charge in [0.15, 0.2) is 9.84 Å². The van der Waals surface area contributed by atoms with Crippen LogP contribution in [0.2, 0.25) is 0 Å². The van der Waals surface area contributed by atoms with Gasteiger partial charge in [0.2, 0.25) is 0 Å². The lowest BCUT2D eigenvalue weighted by Gasteiger charge is -2.31. The topological polar surface area (TPSA) is 66.4 Å². The van der Waals surface area contributed by atoms with Crippen molar-refractivity contribution in [3.8, 4) is 0 Å². The predicted octanol–water partition coefficient (Wildman–Crippen LogP) is -0.324. The molecule has 2 atom stereocenters. The summed E-state index contributed by atoms with van der Waals surface area (Å²) < 4.78 is 23.2. The fraction of sp³-hybridized carbons (Fsp3) is 1.00. The van der Waals surface area contributed by atoms with Gasteiger partial charge in [-0.05, 0) is 26.2 Å². The van der Waals surface area contributed by atoms with E-state index in [1.54, 1.807) is 6.92 Å². The third kappa shape index (κ3) is 1.57. The zero-order chi connectivity index (χ0) is 10.4. The van der Waals surface area contributed by atoms with Crippen molar-refractivity contribution in [3.05, 3.63) is 0 Å². The molecule has 1 aliphatic heterocycles. The van der Waals surface area contributed by atoms with Gasteiger partial charge in [-0.3, -0.25) is 0 Å². The van der Waals surface area contributed by atoms with Gasteiger partial charge in [0.25, 0.3) is 0 Å². The fourth-order valence-corrected chi connectivity index (χ4v) is 4.08. The minimum atomic E-state index is -2.99. The molecule has 1 heterocycles. The maximum absolute atomic E-state index is 11.6. The quantitative estimate of drug-likeness (QED) is 0.682. The van der Waals surface area contributed by atoms with E-state index in [1.165, 1.54) is 0 Å². The zero-order valence-electron chi connectivity index (χ0n) is 8.36. The van der Waals surface area contributed by atoms with Gasteiger partial charge in [-0.25, -0.2) is 8.42 Å². The molecule has 4 nitrogen and oxygen atoms in total. The van der Waals surface area contributed by atoms with Gasteiger partial charge in [-0.1, -0.05) is 0 Å². The molecule has 0 aromatic carbocycles. The predicted molar refractivity (Wildman–Crippen MR) is 53.8 cm³/mol. The molecule has 5 heteroatoms. The molecule has 1 aliphatic carbocycles. The monoisotopic (exact) mass is 219 g/mol. The first-order chi connectivity index (χ1) is 6.50. The van der Waals surface area contributed by atoms with E-state index in [0.717, 1.165) is 12.8 Å². The molecule has 2 unspecified atom stereocenters. The Morgan fingerprint density at radius 2 is 2.14 bits per heavy atom. The smallest absolute Gasteiger partial charge is 0.154 e. The van der Waals surface area contributed by atoms with Crippen LogP contribution in [-0.4, -0.2) is 42.7 Å². The largest absolute Gasteiger partial charge is 0.394 e. The molecule has 0 bridgehead atoms. The number of sulfone groups is 1. The second-order valence-electron chi connectivity index (χ2n) is 4.49. The molecule has 14 heavy (non-hydrogen) atoms. The van der Waals surface area contributed by atoms with Crippen molar-refractivity contribution < 1.29 is 13.5 Å². The van der Waals surface area contributed by atoms with Gasteiger partial charge in [-0.15, -0.1) is 0 Å². The van der Waals surface area contributed by atoms with E-state index < -0.39 is 20.6 Å². The molecule has 0 aromatic rings. The maximum atomic E-state index is 11.6. The summed E-state index contributed by atoms with van der Waals surface area (Å²) in [5.41, 5.74) is -0.569. The summed E-state index contributed by atoms with van der Waals surface area (Å²) in [5, 5.41) is 12.2. The molecule has 2 fully saturated rings. The van der Waals surface area contributed by atoms with Gasteiger partial charge in [0, 0.05) is 6.04 Å². The summed E-state index contributed by atoms with van der Waals surface area (Å²) in [6.07, 6.45) is 2.76. The lowest BCUT2D eigenvalue weighted by Crippen LogP contribution is -2.55. The first-order valence-electron chi connectivity index (χ1n) is 5.10. The van der Waals surface area contributed by atoms with E-state index in [4.69, 9.17) is 0 Å². The number of hydrogen-bond acceptors (Lipinski definition) is 4. The Hall–Kier alpha value is -0.130. The van der Waals surface area contributed by atoms with Crippen molar-refractivity contribution in [3.63, 3.8) is 0 Å². The third-order valence-corrected chi connectivity index (χ3v) is 5.80. The lowest BCUT2D eigenvalue weighted by molar-refractivity contribution is 0.160. The summed E-state index contributed by atoms with van der Waals surface area (Å²) in [6.45, 7) is 1.62. The second kappa shape index (κ2) is 3.18. The highest BCUT2D eigenvalue weighted by Crippen LogP contribution is 2.34.